The molecular weight excluding hydrogens is 484 g/mol. The molecule has 0 radical (unpaired) electrons. The second-order valence-corrected chi connectivity index (χ2v) is 9.96. The van der Waals surface area contributed by atoms with Gasteiger partial charge < -0.3 is 9.47 Å². The van der Waals surface area contributed by atoms with Gasteiger partial charge in [0.05, 0.1) is 24.8 Å². The zero-order valence-electron chi connectivity index (χ0n) is 22.9. The quantitative estimate of drug-likeness (QED) is 0.179. The highest BCUT2D eigenvalue weighted by molar-refractivity contribution is 5.94. The fourth-order valence-electron chi connectivity index (χ4n) is 4.75. The van der Waals surface area contributed by atoms with Crippen LogP contribution in [0, 0.1) is 29.6 Å². The molecule has 1 aliphatic rings. The Morgan fingerprint density at radius 1 is 0.744 bits per heavy atom. The molecule has 4 heteroatoms. The molecule has 0 aliphatic heterocycles. The van der Waals surface area contributed by atoms with Gasteiger partial charge >= 0.3 is 0 Å². The normalized spacial score (nSPS) is 12.6. The number of ketones is 2. The van der Waals surface area contributed by atoms with Crippen molar-refractivity contribution in [3.63, 3.8) is 0 Å². The number of hydrogen-bond acceptors (Lipinski definition) is 4. The lowest BCUT2D eigenvalue weighted by molar-refractivity contribution is 0.100. The van der Waals surface area contributed by atoms with Gasteiger partial charge in [-0.3, -0.25) is 9.59 Å². The van der Waals surface area contributed by atoms with Crippen LogP contribution in [-0.4, -0.2) is 25.3 Å². The van der Waals surface area contributed by atoms with Crippen LogP contribution in [0.15, 0.2) is 60.7 Å². The molecule has 0 amide bonds. The summed E-state index contributed by atoms with van der Waals surface area (Å²) in [6.45, 7) is 3.71. The fraction of sp³-hybridized carbons (Fsp3) is 0.314. The third kappa shape index (κ3) is 7.86. The van der Waals surface area contributed by atoms with Crippen molar-refractivity contribution in [3.8, 4) is 35.2 Å². The predicted octanol–water partition coefficient (Wildman–Crippen LogP) is 7.25. The molecule has 1 fully saturated rings. The first-order valence-electron chi connectivity index (χ1n) is 13.5. The maximum Gasteiger partial charge on any atom is 0.159 e. The van der Waals surface area contributed by atoms with E-state index in [1.165, 1.54) is 32.1 Å². The lowest BCUT2D eigenvalue weighted by atomic mass is 10.0. The minimum atomic E-state index is 0.0254. The first kappa shape index (κ1) is 27.7. The Morgan fingerprint density at radius 2 is 1.23 bits per heavy atom. The Balaban J connectivity index is 1.60. The van der Waals surface area contributed by atoms with Gasteiger partial charge in [0.2, 0.25) is 0 Å². The Bertz CT molecular complexity index is 1440. The summed E-state index contributed by atoms with van der Waals surface area (Å²) in [5.41, 5.74) is 4.36. The zero-order valence-corrected chi connectivity index (χ0v) is 22.9. The van der Waals surface area contributed by atoms with E-state index in [-0.39, 0.29) is 11.6 Å². The molecule has 0 bridgehead atoms. The monoisotopic (exact) mass is 518 g/mol. The van der Waals surface area contributed by atoms with Crippen LogP contribution in [0.25, 0.3) is 0 Å². The predicted molar refractivity (Wildman–Crippen MR) is 155 cm³/mol. The van der Waals surface area contributed by atoms with Crippen LogP contribution in [-0.2, 0) is 0 Å². The van der Waals surface area contributed by atoms with Gasteiger partial charge in [-0.05, 0) is 56.9 Å². The summed E-state index contributed by atoms with van der Waals surface area (Å²) < 4.78 is 11.9. The fourth-order valence-corrected chi connectivity index (χ4v) is 4.75. The summed E-state index contributed by atoms with van der Waals surface area (Å²) in [6.07, 6.45) is 7.53. The van der Waals surface area contributed by atoms with Crippen LogP contribution in [0.1, 0.15) is 95.3 Å². The number of Topliss-reactive ketones (excluding diaryl/α,β-unsaturated/α-hetero) is 2. The van der Waals surface area contributed by atoms with Gasteiger partial charge in [-0.2, -0.15) is 0 Å². The van der Waals surface area contributed by atoms with E-state index in [0.29, 0.717) is 34.8 Å². The van der Waals surface area contributed by atoms with Gasteiger partial charge in [-0.15, -0.1) is 0 Å². The summed E-state index contributed by atoms with van der Waals surface area (Å²) in [4.78, 5) is 23.2. The number of methoxy groups -OCH3 is 1. The first-order valence-corrected chi connectivity index (χ1v) is 13.5. The van der Waals surface area contributed by atoms with Crippen LogP contribution >= 0.6 is 0 Å². The average Bonchev–Trinajstić information content (AvgIpc) is 3.47. The van der Waals surface area contributed by atoms with E-state index < -0.39 is 0 Å². The van der Waals surface area contributed by atoms with Crippen LogP contribution in [0.3, 0.4) is 0 Å². The number of hydrogen-bond donors (Lipinski definition) is 0. The molecule has 4 nitrogen and oxygen atoms in total. The van der Waals surface area contributed by atoms with Gasteiger partial charge in [0, 0.05) is 34.4 Å². The van der Waals surface area contributed by atoms with Crippen molar-refractivity contribution in [2.45, 2.75) is 52.4 Å². The summed E-state index contributed by atoms with van der Waals surface area (Å²) in [5, 5.41) is 0. The van der Waals surface area contributed by atoms with Crippen molar-refractivity contribution < 1.29 is 19.1 Å². The summed E-state index contributed by atoms with van der Waals surface area (Å²) in [7, 11) is 1.61. The van der Waals surface area contributed by atoms with Gasteiger partial charge in [0.15, 0.2) is 11.6 Å². The molecule has 0 unspecified atom stereocenters. The maximum atomic E-state index is 11.6. The molecule has 1 saturated carbocycles. The van der Waals surface area contributed by atoms with E-state index in [1.807, 2.05) is 36.4 Å². The highest BCUT2D eigenvalue weighted by Gasteiger charge is 2.15. The van der Waals surface area contributed by atoms with Gasteiger partial charge in [-0.25, -0.2) is 0 Å². The van der Waals surface area contributed by atoms with E-state index in [0.717, 1.165) is 29.0 Å². The second kappa shape index (κ2) is 13.5. The third-order valence-electron chi connectivity index (χ3n) is 7.06. The van der Waals surface area contributed by atoms with Crippen molar-refractivity contribution in [1.29, 1.82) is 0 Å². The Labute approximate surface area is 231 Å². The van der Waals surface area contributed by atoms with E-state index in [2.05, 4.69) is 23.7 Å². The van der Waals surface area contributed by atoms with Crippen LogP contribution in [0.4, 0.5) is 0 Å². The molecule has 0 aromatic heterocycles. The largest absolute Gasteiger partial charge is 0.495 e. The number of benzene rings is 3. The molecule has 0 heterocycles. The van der Waals surface area contributed by atoms with Crippen molar-refractivity contribution in [2.75, 3.05) is 13.7 Å². The molecule has 3 aromatic carbocycles. The molecule has 0 atom stereocenters. The number of ether oxygens (including phenoxy) is 2. The van der Waals surface area contributed by atoms with Crippen LogP contribution in [0.5, 0.6) is 11.5 Å². The highest BCUT2D eigenvalue weighted by atomic mass is 16.5. The second-order valence-electron chi connectivity index (χ2n) is 9.96. The summed E-state index contributed by atoms with van der Waals surface area (Å²) >= 11 is 0. The molecular formula is C35H34O4. The van der Waals surface area contributed by atoms with Gasteiger partial charge in [0.25, 0.3) is 0 Å². The standard InChI is InChI=1S/C35H34O4/c1-25(36)30-16-10-28(11-17-30)14-20-32-24-35(39-22-6-9-27-7-4-5-8-27)33(23-34(32)38-3)21-15-29-12-18-31(19-13-29)26(2)37/h10-13,16-19,23-24,27H,4-9,22H2,1-3H3. The van der Waals surface area contributed by atoms with Crippen LogP contribution in [0.2, 0.25) is 0 Å². The Kier molecular flexibility index (Phi) is 9.60. The Morgan fingerprint density at radius 3 is 1.72 bits per heavy atom. The van der Waals surface area contributed by atoms with E-state index in [4.69, 9.17) is 9.47 Å². The number of rotatable bonds is 8. The molecule has 39 heavy (non-hydrogen) atoms. The summed E-state index contributed by atoms with van der Waals surface area (Å²) in [5.74, 6) is 14.9. The smallest absolute Gasteiger partial charge is 0.159 e. The average molecular weight is 519 g/mol. The molecule has 0 spiro atoms. The molecule has 198 valence electrons. The SMILES string of the molecule is COc1cc(C#Cc2ccc(C(C)=O)cc2)c(OCCCC2CCCC2)cc1C#Cc1ccc(C(C)=O)cc1. The van der Waals surface area contributed by atoms with Crippen LogP contribution < -0.4 is 9.47 Å². The zero-order chi connectivity index (χ0) is 27.6. The van der Waals surface area contributed by atoms with E-state index in [1.54, 1.807) is 45.2 Å². The third-order valence-corrected chi connectivity index (χ3v) is 7.06. The molecule has 0 N–H and O–H groups in total. The van der Waals surface area contributed by atoms with E-state index >= 15 is 0 Å². The molecule has 1 aliphatic carbocycles. The number of carbonyl (C=O) groups excluding carboxylic acids is 2. The number of carbonyl (C=O) groups is 2. The lowest BCUT2D eigenvalue weighted by Crippen LogP contribution is -2.03. The van der Waals surface area contributed by atoms with Gasteiger partial charge in [0.1, 0.15) is 11.5 Å². The molecule has 0 saturated heterocycles. The maximum absolute atomic E-state index is 11.6. The van der Waals surface area contributed by atoms with Crippen molar-refractivity contribution in [3.05, 3.63) is 94.0 Å². The summed E-state index contributed by atoms with van der Waals surface area (Å²) in [6, 6.07) is 18.3. The minimum absolute atomic E-state index is 0.0254. The molecule has 3 aromatic rings. The topological polar surface area (TPSA) is 52.6 Å². The lowest BCUT2D eigenvalue weighted by Gasteiger charge is -2.13. The highest BCUT2D eigenvalue weighted by Crippen LogP contribution is 2.30. The minimum Gasteiger partial charge on any atom is -0.495 e. The Hall–Kier alpha value is -4.28. The molecule has 4 rings (SSSR count). The van der Waals surface area contributed by atoms with Crippen molar-refractivity contribution in [1.82, 2.24) is 0 Å². The van der Waals surface area contributed by atoms with Gasteiger partial charge in [-0.1, -0.05) is 73.6 Å². The van der Waals surface area contributed by atoms with Crippen molar-refractivity contribution >= 4 is 11.6 Å². The van der Waals surface area contributed by atoms with Crippen molar-refractivity contribution in [2.24, 2.45) is 5.92 Å². The first-order chi connectivity index (χ1) is 18.9. The van der Waals surface area contributed by atoms with E-state index in [9.17, 15) is 9.59 Å².